The minimum Gasteiger partial charge on any atom is -0.512 e. The molecule has 0 aromatic heterocycles. The summed E-state index contributed by atoms with van der Waals surface area (Å²) in [7, 11) is 1.30. The number of methoxy groups -OCH3 is 1. The van der Waals surface area contributed by atoms with Crippen LogP contribution in [0.5, 0.6) is 0 Å². The van der Waals surface area contributed by atoms with Crippen molar-refractivity contribution in [1.82, 2.24) is 0 Å². The molecule has 0 spiro atoms. The topological polar surface area (TPSA) is 63.6 Å². The normalized spacial score (nSPS) is 18.7. The van der Waals surface area contributed by atoms with Crippen molar-refractivity contribution in [2.45, 2.75) is 39.0 Å². The first kappa shape index (κ1) is 17.5. The SMILES string of the molecule is COC(=O)CC(C1=C(O)CC(C)(C)CC1=O)c1ccccc1Cl. The van der Waals surface area contributed by atoms with Gasteiger partial charge in [-0.2, -0.15) is 0 Å². The number of ketones is 1. The third-order valence-corrected chi connectivity index (χ3v) is 4.47. The number of aliphatic hydroxyl groups is 1. The minimum atomic E-state index is -0.597. The van der Waals surface area contributed by atoms with Crippen LogP contribution in [0.3, 0.4) is 0 Å². The summed E-state index contributed by atoms with van der Waals surface area (Å²) in [6.45, 7) is 3.87. The maximum Gasteiger partial charge on any atom is 0.306 e. The van der Waals surface area contributed by atoms with E-state index in [1.165, 1.54) is 7.11 Å². The molecule has 0 aliphatic heterocycles. The lowest BCUT2D eigenvalue weighted by Gasteiger charge is -2.32. The van der Waals surface area contributed by atoms with E-state index in [4.69, 9.17) is 16.3 Å². The standard InChI is InChI=1S/C18H21ClO4/c1-18(2)9-14(20)17(15(21)10-18)12(8-16(22)23-3)11-6-4-5-7-13(11)19/h4-7,12,20H,8-10H2,1-3H3. The van der Waals surface area contributed by atoms with Gasteiger partial charge in [-0.05, 0) is 17.0 Å². The number of benzene rings is 1. The molecule has 2 rings (SSSR count). The molecular weight excluding hydrogens is 316 g/mol. The van der Waals surface area contributed by atoms with Gasteiger partial charge in [-0.1, -0.05) is 43.6 Å². The van der Waals surface area contributed by atoms with Crippen molar-refractivity contribution >= 4 is 23.4 Å². The molecule has 23 heavy (non-hydrogen) atoms. The highest BCUT2D eigenvalue weighted by Gasteiger charge is 2.38. The third-order valence-electron chi connectivity index (χ3n) is 4.12. The minimum absolute atomic E-state index is 0.0359. The van der Waals surface area contributed by atoms with E-state index >= 15 is 0 Å². The molecule has 0 amide bonds. The molecule has 0 radical (unpaired) electrons. The first-order valence-corrected chi connectivity index (χ1v) is 7.89. The van der Waals surface area contributed by atoms with Crippen molar-refractivity contribution in [3.8, 4) is 0 Å². The number of esters is 1. The van der Waals surface area contributed by atoms with Crippen LogP contribution in [-0.2, 0) is 14.3 Å². The van der Waals surface area contributed by atoms with E-state index in [9.17, 15) is 14.7 Å². The van der Waals surface area contributed by atoms with Gasteiger partial charge < -0.3 is 9.84 Å². The lowest BCUT2D eigenvalue weighted by Crippen LogP contribution is -2.29. The first-order valence-electron chi connectivity index (χ1n) is 7.51. The highest BCUT2D eigenvalue weighted by atomic mass is 35.5. The van der Waals surface area contributed by atoms with Gasteiger partial charge in [0.2, 0.25) is 0 Å². The van der Waals surface area contributed by atoms with Gasteiger partial charge in [0.05, 0.1) is 13.5 Å². The summed E-state index contributed by atoms with van der Waals surface area (Å²) < 4.78 is 4.75. The van der Waals surface area contributed by atoms with Crippen molar-refractivity contribution in [3.63, 3.8) is 0 Å². The molecule has 124 valence electrons. The number of ether oxygens (including phenoxy) is 1. The maximum absolute atomic E-state index is 12.6. The monoisotopic (exact) mass is 336 g/mol. The fourth-order valence-corrected chi connectivity index (χ4v) is 3.34. The number of allylic oxidation sites excluding steroid dienone is 2. The first-order chi connectivity index (χ1) is 10.7. The Kier molecular flexibility index (Phi) is 5.15. The Balaban J connectivity index is 2.52. The molecule has 0 heterocycles. The van der Waals surface area contributed by atoms with Crippen LogP contribution in [0.15, 0.2) is 35.6 Å². The number of rotatable bonds is 4. The van der Waals surface area contributed by atoms with Gasteiger partial charge in [0.1, 0.15) is 5.76 Å². The van der Waals surface area contributed by atoms with E-state index in [1.807, 2.05) is 13.8 Å². The molecular formula is C18H21ClO4. The number of hydrogen-bond acceptors (Lipinski definition) is 4. The van der Waals surface area contributed by atoms with Gasteiger partial charge in [0.15, 0.2) is 5.78 Å². The highest BCUT2D eigenvalue weighted by molar-refractivity contribution is 6.31. The van der Waals surface area contributed by atoms with Crippen LogP contribution in [0.1, 0.15) is 44.6 Å². The van der Waals surface area contributed by atoms with E-state index in [0.717, 1.165) is 0 Å². The van der Waals surface area contributed by atoms with Crippen molar-refractivity contribution in [3.05, 3.63) is 46.2 Å². The lowest BCUT2D eigenvalue weighted by atomic mass is 9.72. The summed E-state index contributed by atoms with van der Waals surface area (Å²) in [5, 5.41) is 10.9. The van der Waals surface area contributed by atoms with Crippen molar-refractivity contribution in [1.29, 1.82) is 0 Å². The predicted molar refractivity (Wildman–Crippen MR) is 88.5 cm³/mol. The zero-order valence-electron chi connectivity index (χ0n) is 13.6. The van der Waals surface area contributed by atoms with Crippen LogP contribution in [0.25, 0.3) is 0 Å². The quantitative estimate of drug-likeness (QED) is 0.837. The Morgan fingerprint density at radius 1 is 1.35 bits per heavy atom. The zero-order valence-corrected chi connectivity index (χ0v) is 14.3. The molecule has 1 unspecified atom stereocenters. The fraction of sp³-hybridized carbons (Fsp3) is 0.444. The van der Waals surface area contributed by atoms with Gasteiger partial charge in [-0.25, -0.2) is 0 Å². The number of Topliss-reactive ketones (excluding diaryl/α,β-unsaturated/α-hetero) is 1. The van der Waals surface area contributed by atoms with Crippen LogP contribution >= 0.6 is 11.6 Å². The molecule has 5 heteroatoms. The Bertz CT molecular complexity index is 661. The number of aliphatic hydroxyl groups excluding tert-OH is 1. The summed E-state index contributed by atoms with van der Waals surface area (Å²) in [6.07, 6.45) is 0.691. The molecule has 0 bridgehead atoms. The van der Waals surface area contributed by atoms with Gasteiger partial charge in [-0.3, -0.25) is 9.59 Å². The van der Waals surface area contributed by atoms with E-state index in [2.05, 4.69) is 0 Å². The molecule has 1 N–H and O–H groups in total. The average molecular weight is 337 g/mol. The maximum atomic E-state index is 12.6. The van der Waals surface area contributed by atoms with Crippen LogP contribution in [0.4, 0.5) is 0 Å². The van der Waals surface area contributed by atoms with E-state index < -0.39 is 11.9 Å². The Morgan fingerprint density at radius 2 is 2.00 bits per heavy atom. The average Bonchev–Trinajstić information content (AvgIpc) is 2.44. The number of halogens is 1. The number of hydrogen-bond donors (Lipinski definition) is 1. The molecule has 4 nitrogen and oxygen atoms in total. The molecule has 1 aromatic carbocycles. The summed E-state index contributed by atoms with van der Waals surface area (Å²) in [4.78, 5) is 24.4. The summed E-state index contributed by atoms with van der Waals surface area (Å²) in [6, 6.07) is 7.04. The Labute approximate surface area is 141 Å². The summed E-state index contributed by atoms with van der Waals surface area (Å²) in [5.74, 6) is -1.15. The number of carbonyl (C=O) groups is 2. The van der Waals surface area contributed by atoms with Crippen molar-refractivity contribution in [2.24, 2.45) is 5.41 Å². The van der Waals surface area contributed by atoms with Gasteiger partial charge >= 0.3 is 5.97 Å². The van der Waals surface area contributed by atoms with Crippen LogP contribution < -0.4 is 0 Å². The fourth-order valence-electron chi connectivity index (χ4n) is 3.07. The largest absolute Gasteiger partial charge is 0.512 e. The van der Waals surface area contributed by atoms with Crippen LogP contribution in [-0.4, -0.2) is 24.0 Å². The number of carbonyl (C=O) groups excluding carboxylic acids is 2. The third kappa shape index (κ3) is 3.94. The van der Waals surface area contributed by atoms with Gasteiger partial charge in [0, 0.05) is 29.4 Å². The summed E-state index contributed by atoms with van der Waals surface area (Å²) in [5.41, 5.74) is 0.637. The summed E-state index contributed by atoms with van der Waals surface area (Å²) >= 11 is 6.25. The molecule has 1 aliphatic rings. The van der Waals surface area contributed by atoms with E-state index in [-0.39, 0.29) is 29.0 Å². The second-order valence-electron chi connectivity index (χ2n) is 6.66. The Hall–Kier alpha value is -1.81. The zero-order chi connectivity index (χ0) is 17.2. The van der Waals surface area contributed by atoms with E-state index in [0.29, 0.717) is 23.4 Å². The Morgan fingerprint density at radius 3 is 2.57 bits per heavy atom. The molecule has 0 saturated carbocycles. The molecule has 1 aliphatic carbocycles. The van der Waals surface area contributed by atoms with Crippen molar-refractivity contribution in [2.75, 3.05) is 7.11 Å². The highest BCUT2D eigenvalue weighted by Crippen LogP contribution is 2.43. The molecule has 1 aromatic rings. The smallest absolute Gasteiger partial charge is 0.306 e. The van der Waals surface area contributed by atoms with Gasteiger partial charge in [-0.15, -0.1) is 0 Å². The van der Waals surface area contributed by atoms with Crippen LogP contribution in [0, 0.1) is 5.41 Å². The van der Waals surface area contributed by atoms with Crippen molar-refractivity contribution < 1.29 is 19.4 Å². The molecule has 1 atom stereocenters. The van der Waals surface area contributed by atoms with Gasteiger partial charge in [0.25, 0.3) is 0 Å². The van der Waals surface area contributed by atoms with E-state index in [1.54, 1.807) is 24.3 Å². The molecule has 0 saturated heterocycles. The van der Waals surface area contributed by atoms with Crippen LogP contribution in [0.2, 0.25) is 5.02 Å². The second-order valence-corrected chi connectivity index (χ2v) is 7.06. The lowest BCUT2D eigenvalue weighted by molar-refractivity contribution is -0.140. The predicted octanol–water partition coefficient (Wildman–Crippen LogP) is 4.19. The molecule has 0 fully saturated rings. The second kappa shape index (κ2) is 6.75.